The summed E-state index contributed by atoms with van der Waals surface area (Å²) >= 11 is 0. The third-order valence-corrected chi connectivity index (χ3v) is 6.06. The lowest BCUT2D eigenvalue weighted by atomic mass is 10.0. The van der Waals surface area contributed by atoms with Gasteiger partial charge in [0.25, 0.3) is 0 Å². The molecule has 0 saturated carbocycles. The molecule has 3 heterocycles. The van der Waals surface area contributed by atoms with Crippen LogP contribution in [0.1, 0.15) is 19.8 Å². The number of hydrogen-bond donors (Lipinski definition) is 1. The molecule has 1 amide bonds. The molecular weight excluding hydrogens is 414 g/mol. The Labute approximate surface area is 193 Å². The fourth-order valence-electron chi connectivity index (χ4n) is 4.41. The zero-order valence-electron chi connectivity index (χ0n) is 18.6. The van der Waals surface area contributed by atoms with Crippen LogP contribution < -0.4 is 5.32 Å². The van der Waals surface area contributed by atoms with E-state index < -0.39 is 0 Å². The zero-order chi connectivity index (χ0) is 22.6. The Bertz CT molecular complexity index is 1230. The van der Waals surface area contributed by atoms with E-state index in [1.165, 1.54) is 0 Å². The van der Waals surface area contributed by atoms with Gasteiger partial charge in [-0.05, 0) is 37.5 Å². The zero-order valence-corrected chi connectivity index (χ0v) is 18.6. The van der Waals surface area contributed by atoms with Crippen LogP contribution in [-0.4, -0.2) is 51.3 Å². The molecule has 168 valence electrons. The maximum absolute atomic E-state index is 12.0. The number of hydrogen-bond acceptors (Lipinski definition) is 5. The second kappa shape index (κ2) is 9.32. The summed E-state index contributed by atoms with van der Waals surface area (Å²) in [4.78, 5) is 23.1. The molecule has 1 saturated heterocycles. The standard InChI is InChI=1S/C26H27N5O2/c1-2-33-26(32)30-15-13-20(14-16-30)29-24-23-22(19-9-5-3-6-10-19)17-31(25(23)28-18-27-24)21-11-7-4-8-12-21/h3-12,17-18,20H,2,13-16H2,1H3,(H,27,28,29). The van der Waals surface area contributed by atoms with Crippen LogP contribution in [0.4, 0.5) is 10.6 Å². The van der Waals surface area contributed by atoms with Crippen LogP contribution in [0.3, 0.4) is 0 Å². The van der Waals surface area contributed by atoms with Crippen molar-refractivity contribution in [3.63, 3.8) is 0 Å². The van der Waals surface area contributed by atoms with Gasteiger partial charge in [-0.15, -0.1) is 0 Å². The molecule has 0 unspecified atom stereocenters. The van der Waals surface area contributed by atoms with Gasteiger partial charge in [0, 0.05) is 36.6 Å². The molecule has 0 bridgehead atoms. The Balaban J connectivity index is 1.50. The highest BCUT2D eigenvalue weighted by atomic mass is 16.6. The van der Waals surface area contributed by atoms with Crippen molar-refractivity contribution in [3.05, 3.63) is 73.2 Å². The van der Waals surface area contributed by atoms with Crippen molar-refractivity contribution in [2.45, 2.75) is 25.8 Å². The average molecular weight is 442 g/mol. The van der Waals surface area contributed by atoms with Crippen LogP contribution in [0.15, 0.2) is 73.2 Å². The second-order valence-corrected chi connectivity index (χ2v) is 8.14. The van der Waals surface area contributed by atoms with Crippen LogP contribution in [0.25, 0.3) is 27.8 Å². The van der Waals surface area contributed by atoms with E-state index >= 15 is 0 Å². The van der Waals surface area contributed by atoms with E-state index in [-0.39, 0.29) is 12.1 Å². The first-order valence-electron chi connectivity index (χ1n) is 11.4. The summed E-state index contributed by atoms with van der Waals surface area (Å²) in [6.45, 7) is 3.57. The number of piperidine rings is 1. The van der Waals surface area contributed by atoms with Crippen LogP contribution in [0.5, 0.6) is 0 Å². The lowest BCUT2D eigenvalue weighted by Crippen LogP contribution is -2.42. The van der Waals surface area contributed by atoms with E-state index in [2.05, 4.69) is 50.3 Å². The number of likely N-dealkylation sites (tertiary alicyclic amines) is 1. The van der Waals surface area contributed by atoms with Gasteiger partial charge < -0.3 is 19.5 Å². The fourth-order valence-corrected chi connectivity index (χ4v) is 4.41. The third kappa shape index (κ3) is 4.26. The Morgan fingerprint density at radius 1 is 1.03 bits per heavy atom. The minimum absolute atomic E-state index is 0.220. The Morgan fingerprint density at radius 2 is 1.73 bits per heavy atom. The molecule has 1 N–H and O–H groups in total. The average Bonchev–Trinajstić information content (AvgIpc) is 3.26. The summed E-state index contributed by atoms with van der Waals surface area (Å²) in [5, 5.41) is 4.65. The van der Waals surface area contributed by atoms with Gasteiger partial charge in [-0.25, -0.2) is 14.8 Å². The van der Waals surface area contributed by atoms with Crippen LogP contribution >= 0.6 is 0 Å². The molecule has 1 aliphatic heterocycles. The molecule has 33 heavy (non-hydrogen) atoms. The fraction of sp³-hybridized carbons (Fsp3) is 0.269. The Kier molecular flexibility index (Phi) is 5.93. The highest BCUT2D eigenvalue weighted by molar-refractivity contribution is 6.02. The highest BCUT2D eigenvalue weighted by Gasteiger charge is 2.25. The van der Waals surface area contributed by atoms with E-state index in [1.807, 2.05) is 43.3 Å². The van der Waals surface area contributed by atoms with Crippen molar-refractivity contribution in [1.29, 1.82) is 0 Å². The lowest BCUT2D eigenvalue weighted by Gasteiger charge is -2.32. The maximum Gasteiger partial charge on any atom is 0.409 e. The second-order valence-electron chi connectivity index (χ2n) is 8.14. The quantitative estimate of drug-likeness (QED) is 0.465. The number of carbonyl (C=O) groups excluding carboxylic acids is 1. The topological polar surface area (TPSA) is 72.3 Å². The van der Waals surface area contributed by atoms with Gasteiger partial charge in [-0.1, -0.05) is 48.5 Å². The molecule has 7 nitrogen and oxygen atoms in total. The van der Waals surface area contributed by atoms with Gasteiger partial charge in [-0.2, -0.15) is 0 Å². The number of nitrogens with zero attached hydrogens (tertiary/aromatic N) is 4. The van der Waals surface area contributed by atoms with E-state index in [0.29, 0.717) is 19.7 Å². The molecule has 0 aliphatic carbocycles. The molecule has 0 radical (unpaired) electrons. The molecule has 5 rings (SSSR count). The first kappa shape index (κ1) is 21.0. The Morgan fingerprint density at radius 3 is 2.42 bits per heavy atom. The third-order valence-electron chi connectivity index (χ3n) is 6.06. The largest absolute Gasteiger partial charge is 0.450 e. The van der Waals surface area contributed by atoms with Gasteiger partial charge >= 0.3 is 6.09 Å². The van der Waals surface area contributed by atoms with Gasteiger partial charge in [0.15, 0.2) is 5.65 Å². The molecule has 7 heteroatoms. The summed E-state index contributed by atoms with van der Waals surface area (Å²) in [6, 6.07) is 20.8. The summed E-state index contributed by atoms with van der Waals surface area (Å²) in [6.07, 6.45) is 5.20. The summed E-state index contributed by atoms with van der Waals surface area (Å²) in [5.41, 5.74) is 4.12. The number of para-hydroxylation sites is 1. The number of amides is 1. The SMILES string of the molecule is CCOC(=O)N1CCC(Nc2ncnc3c2c(-c2ccccc2)cn3-c2ccccc2)CC1. The van der Waals surface area contributed by atoms with E-state index in [0.717, 1.165) is 46.5 Å². The predicted molar refractivity (Wildman–Crippen MR) is 130 cm³/mol. The first-order chi connectivity index (χ1) is 16.2. The van der Waals surface area contributed by atoms with Crippen molar-refractivity contribution < 1.29 is 9.53 Å². The molecule has 4 aromatic rings. The minimum atomic E-state index is -0.230. The van der Waals surface area contributed by atoms with Crippen molar-refractivity contribution in [1.82, 2.24) is 19.4 Å². The summed E-state index contributed by atoms with van der Waals surface area (Å²) in [5.74, 6) is 0.822. The molecule has 2 aromatic heterocycles. The number of rotatable bonds is 5. The molecule has 1 fully saturated rings. The summed E-state index contributed by atoms with van der Waals surface area (Å²) in [7, 11) is 0. The Hall–Kier alpha value is -3.87. The monoisotopic (exact) mass is 441 g/mol. The molecular formula is C26H27N5O2. The van der Waals surface area contributed by atoms with Crippen molar-refractivity contribution in [2.75, 3.05) is 25.0 Å². The lowest BCUT2D eigenvalue weighted by molar-refractivity contribution is 0.0983. The highest BCUT2D eigenvalue weighted by Crippen LogP contribution is 2.35. The van der Waals surface area contributed by atoms with Crippen molar-refractivity contribution in [3.8, 4) is 16.8 Å². The number of ether oxygens (including phenoxy) is 1. The predicted octanol–water partition coefficient (Wildman–Crippen LogP) is 5.12. The molecule has 0 spiro atoms. The minimum Gasteiger partial charge on any atom is -0.450 e. The number of fused-ring (bicyclic) bond motifs is 1. The van der Waals surface area contributed by atoms with Crippen LogP contribution in [0, 0.1) is 0 Å². The van der Waals surface area contributed by atoms with Crippen molar-refractivity contribution in [2.24, 2.45) is 0 Å². The number of nitrogens with one attached hydrogen (secondary N) is 1. The maximum atomic E-state index is 12.0. The van der Waals surface area contributed by atoms with Crippen molar-refractivity contribution >= 4 is 22.9 Å². The number of carbonyl (C=O) groups is 1. The van der Waals surface area contributed by atoms with Gasteiger partial charge in [0.05, 0.1) is 12.0 Å². The molecule has 0 atom stereocenters. The first-order valence-corrected chi connectivity index (χ1v) is 11.4. The van der Waals surface area contributed by atoms with E-state index in [1.54, 1.807) is 11.2 Å². The van der Waals surface area contributed by atoms with Crippen LogP contribution in [-0.2, 0) is 4.74 Å². The van der Waals surface area contributed by atoms with Crippen LogP contribution in [0.2, 0.25) is 0 Å². The molecule has 1 aliphatic rings. The van der Waals surface area contributed by atoms with Gasteiger partial charge in [0.1, 0.15) is 12.1 Å². The smallest absolute Gasteiger partial charge is 0.409 e. The van der Waals surface area contributed by atoms with E-state index in [9.17, 15) is 4.79 Å². The summed E-state index contributed by atoms with van der Waals surface area (Å²) < 4.78 is 7.26. The normalized spacial score (nSPS) is 14.4. The van der Waals surface area contributed by atoms with Gasteiger partial charge in [-0.3, -0.25) is 0 Å². The number of aromatic nitrogens is 3. The van der Waals surface area contributed by atoms with Gasteiger partial charge in [0.2, 0.25) is 0 Å². The number of benzene rings is 2. The molecule has 2 aromatic carbocycles. The number of anilines is 1. The van der Waals surface area contributed by atoms with E-state index in [4.69, 9.17) is 4.74 Å².